The molecule has 1 atom stereocenters. The highest BCUT2D eigenvalue weighted by Crippen LogP contribution is 2.33. The zero-order chi connectivity index (χ0) is 14.6. The van der Waals surface area contributed by atoms with E-state index < -0.39 is 19.4 Å². The summed E-state index contributed by atoms with van der Waals surface area (Å²) in [5, 5.41) is 0. The summed E-state index contributed by atoms with van der Waals surface area (Å²) in [7, 11) is 0. The Labute approximate surface area is 115 Å². The van der Waals surface area contributed by atoms with E-state index in [1.807, 2.05) is 24.3 Å². The first-order chi connectivity index (χ1) is 9.46. The molecule has 1 aliphatic rings. The van der Waals surface area contributed by atoms with E-state index in [9.17, 15) is 18.0 Å². The molecule has 5 heteroatoms. The Bertz CT molecular complexity index is 468. The summed E-state index contributed by atoms with van der Waals surface area (Å²) in [5.41, 5.74) is 2.40. The highest BCUT2D eigenvalue weighted by atomic mass is 19.4. The van der Waals surface area contributed by atoms with Crippen LogP contribution in [0.5, 0.6) is 0 Å². The number of Topliss-reactive ketones (excluding diaryl/α,β-unsaturated/α-hetero) is 1. The lowest BCUT2D eigenvalue weighted by molar-refractivity contribution is -0.175. The molecule has 110 valence electrons. The molecule has 0 N–H and O–H groups in total. The number of ketones is 1. The van der Waals surface area contributed by atoms with Crippen molar-refractivity contribution in [2.24, 2.45) is 0 Å². The van der Waals surface area contributed by atoms with Crippen molar-refractivity contribution in [1.82, 2.24) is 0 Å². The van der Waals surface area contributed by atoms with E-state index in [1.54, 1.807) is 0 Å². The largest absolute Gasteiger partial charge is 0.411 e. The second-order valence-corrected chi connectivity index (χ2v) is 5.14. The number of carbonyl (C=O) groups is 1. The van der Waals surface area contributed by atoms with E-state index in [-0.39, 0.29) is 18.1 Å². The molecule has 0 aliphatic heterocycles. The minimum Gasteiger partial charge on any atom is -0.364 e. The van der Waals surface area contributed by atoms with Crippen LogP contribution in [-0.4, -0.2) is 25.2 Å². The van der Waals surface area contributed by atoms with Gasteiger partial charge >= 0.3 is 6.18 Å². The highest BCUT2D eigenvalue weighted by molar-refractivity contribution is 5.80. The van der Waals surface area contributed by atoms with Crippen molar-refractivity contribution in [3.05, 3.63) is 35.4 Å². The van der Waals surface area contributed by atoms with Gasteiger partial charge in [0.25, 0.3) is 0 Å². The first-order valence-corrected chi connectivity index (χ1v) is 6.70. The maximum Gasteiger partial charge on any atom is 0.411 e. The third kappa shape index (κ3) is 4.34. The number of ether oxygens (including phenoxy) is 1. The van der Waals surface area contributed by atoms with Crippen LogP contribution in [0.15, 0.2) is 24.3 Å². The van der Waals surface area contributed by atoms with Crippen molar-refractivity contribution in [1.29, 1.82) is 0 Å². The monoisotopic (exact) mass is 286 g/mol. The van der Waals surface area contributed by atoms with Gasteiger partial charge in [0, 0.05) is 6.42 Å². The van der Waals surface area contributed by atoms with E-state index in [0.29, 0.717) is 0 Å². The summed E-state index contributed by atoms with van der Waals surface area (Å²) in [6.45, 7) is -1.82. The second-order valence-electron chi connectivity index (χ2n) is 5.14. The minimum atomic E-state index is -4.38. The van der Waals surface area contributed by atoms with Crippen LogP contribution in [-0.2, 0) is 16.0 Å². The number of hydrogen-bond acceptors (Lipinski definition) is 2. The van der Waals surface area contributed by atoms with Crippen molar-refractivity contribution in [2.45, 2.75) is 37.8 Å². The maximum atomic E-state index is 11.9. The lowest BCUT2D eigenvalue weighted by Gasteiger charge is -2.24. The van der Waals surface area contributed by atoms with Gasteiger partial charge < -0.3 is 4.74 Å². The van der Waals surface area contributed by atoms with Crippen LogP contribution < -0.4 is 0 Å². The van der Waals surface area contributed by atoms with Crippen LogP contribution >= 0.6 is 0 Å². The van der Waals surface area contributed by atoms with Gasteiger partial charge in [0.05, 0.1) is 0 Å². The predicted octanol–water partition coefficient (Wildman–Crippen LogP) is 3.64. The Hall–Kier alpha value is -1.36. The van der Waals surface area contributed by atoms with Crippen LogP contribution in [0, 0.1) is 0 Å². The van der Waals surface area contributed by atoms with E-state index in [0.717, 1.165) is 24.8 Å². The number of benzene rings is 1. The number of hydrogen-bond donors (Lipinski definition) is 0. The Kier molecular flexibility index (Phi) is 4.81. The Morgan fingerprint density at radius 2 is 2.05 bits per heavy atom. The summed E-state index contributed by atoms with van der Waals surface area (Å²) < 4.78 is 40.2. The molecule has 1 unspecified atom stereocenters. The molecule has 0 saturated carbocycles. The van der Waals surface area contributed by atoms with Gasteiger partial charge in [-0.2, -0.15) is 13.2 Å². The summed E-state index contributed by atoms with van der Waals surface area (Å²) in [6.07, 6.45) is -1.20. The van der Waals surface area contributed by atoms with Gasteiger partial charge in [-0.15, -0.1) is 0 Å². The van der Waals surface area contributed by atoms with E-state index >= 15 is 0 Å². The summed E-state index contributed by atoms with van der Waals surface area (Å²) in [6, 6.07) is 7.95. The number of aryl methyl sites for hydroxylation is 1. The average molecular weight is 286 g/mol. The van der Waals surface area contributed by atoms with Gasteiger partial charge in [-0.3, -0.25) is 4.79 Å². The first kappa shape index (κ1) is 15.0. The fourth-order valence-corrected chi connectivity index (χ4v) is 2.68. The molecule has 0 saturated heterocycles. The average Bonchev–Trinajstić information content (AvgIpc) is 2.37. The molecular weight excluding hydrogens is 269 g/mol. The molecule has 0 fully saturated rings. The van der Waals surface area contributed by atoms with Crippen molar-refractivity contribution in [2.75, 3.05) is 13.2 Å². The molecule has 1 aliphatic carbocycles. The number of alkyl halides is 3. The third-order valence-electron chi connectivity index (χ3n) is 3.50. The van der Waals surface area contributed by atoms with Gasteiger partial charge in [0.1, 0.15) is 13.2 Å². The molecule has 1 aromatic rings. The molecule has 2 rings (SSSR count). The standard InChI is InChI=1S/C15H17F3O2/c16-15(17,18)10-20-9-13(19)8-12-6-3-5-11-4-1-2-7-14(11)12/h1-2,4,7,12H,3,5-6,8-10H2. The molecule has 20 heavy (non-hydrogen) atoms. The number of carbonyl (C=O) groups excluding carboxylic acids is 1. The number of halogens is 3. The molecule has 0 radical (unpaired) electrons. The zero-order valence-electron chi connectivity index (χ0n) is 11.1. The minimum absolute atomic E-state index is 0.113. The predicted molar refractivity (Wildman–Crippen MR) is 68.6 cm³/mol. The number of fused-ring (bicyclic) bond motifs is 1. The number of rotatable bonds is 5. The van der Waals surface area contributed by atoms with E-state index in [1.165, 1.54) is 5.56 Å². The molecule has 1 aromatic carbocycles. The van der Waals surface area contributed by atoms with Crippen molar-refractivity contribution in [3.8, 4) is 0 Å². The molecular formula is C15H17F3O2. The van der Waals surface area contributed by atoms with Crippen LogP contribution in [0.4, 0.5) is 13.2 Å². The Morgan fingerprint density at radius 3 is 2.80 bits per heavy atom. The summed E-state index contributed by atoms with van der Waals surface area (Å²) in [4.78, 5) is 11.7. The van der Waals surface area contributed by atoms with Crippen LogP contribution in [0.3, 0.4) is 0 Å². The van der Waals surface area contributed by atoms with Crippen molar-refractivity contribution in [3.63, 3.8) is 0 Å². The molecule has 0 bridgehead atoms. The SMILES string of the molecule is O=C(COCC(F)(F)F)CC1CCCc2ccccc21. The topological polar surface area (TPSA) is 26.3 Å². The summed E-state index contributed by atoms with van der Waals surface area (Å²) >= 11 is 0. The van der Waals surface area contributed by atoms with E-state index in [4.69, 9.17) is 0 Å². The first-order valence-electron chi connectivity index (χ1n) is 6.70. The molecule has 0 aromatic heterocycles. The zero-order valence-corrected chi connectivity index (χ0v) is 11.1. The maximum absolute atomic E-state index is 11.9. The van der Waals surface area contributed by atoms with Gasteiger partial charge in [-0.05, 0) is 36.3 Å². The molecule has 0 amide bonds. The van der Waals surface area contributed by atoms with Gasteiger partial charge in [-0.1, -0.05) is 24.3 Å². The highest BCUT2D eigenvalue weighted by Gasteiger charge is 2.28. The van der Waals surface area contributed by atoms with Crippen LogP contribution in [0.1, 0.15) is 36.3 Å². The Morgan fingerprint density at radius 1 is 1.30 bits per heavy atom. The van der Waals surface area contributed by atoms with E-state index in [2.05, 4.69) is 4.74 Å². The molecule has 0 spiro atoms. The van der Waals surface area contributed by atoms with Crippen LogP contribution in [0.25, 0.3) is 0 Å². The Balaban J connectivity index is 1.86. The quantitative estimate of drug-likeness (QED) is 0.826. The fraction of sp³-hybridized carbons (Fsp3) is 0.533. The third-order valence-corrected chi connectivity index (χ3v) is 3.50. The van der Waals surface area contributed by atoms with Crippen LogP contribution in [0.2, 0.25) is 0 Å². The van der Waals surface area contributed by atoms with Crippen molar-refractivity contribution < 1.29 is 22.7 Å². The lowest BCUT2D eigenvalue weighted by Crippen LogP contribution is -2.22. The molecule has 2 nitrogen and oxygen atoms in total. The second kappa shape index (κ2) is 6.39. The normalized spacial score (nSPS) is 18.6. The smallest absolute Gasteiger partial charge is 0.364 e. The lowest BCUT2D eigenvalue weighted by atomic mass is 9.80. The molecule has 0 heterocycles. The van der Waals surface area contributed by atoms with Gasteiger partial charge in [0.15, 0.2) is 5.78 Å². The van der Waals surface area contributed by atoms with Gasteiger partial charge in [0.2, 0.25) is 0 Å². The van der Waals surface area contributed by atoms with Gasteiger partial charge in [-0.25, -0.2) is 0 Å². The van der Waals surface area contributed by atoms with Crippen molar-refractivity contribution >= 4 is 5.78 Å². The summed E-state index contributed by atoms with van der Waals surface area (Å²) in [5.74, 6) is -0.155. The fourth-order valence-electron chi connectivity index (χ4n) is 2.68.